The summed E-state index contributed by atoms with van der Waals surface area (Å²) in [6.07, 6.45) is 3.60. The van der Waals surface area contributed by atoms with Gasteiger partial charge < -0.3 is 5.32 Å². The van der Waals surface area contributed by atoms with Crippen LogP contribution in [0.2, 0.25) is 5.02 Å². The molecule has 0 amide bonds. The van der Waals surface area contributed by atoms with E-state index in [-0.39, 0.29) is 0 Å². The summed E-state index contributed by atoms with van der Waals surface area (Å²) in [5.74, 6) is 0.991. The fraction of sp³-hybridized carbons (Fsp3) is 0.368. The van der Waals surface area contributed by atoms with E-state index in [1.165, 1.54) is 12.8 Å². The van der Waals surface area contributed by atoms with E-state index in [9.17, 15) is 0 Å². The van der Waals surface area contributed by atoms with Gasteiger partial charge in [-0.05, 0) is 32.4 Å². The van der Waals surface area contributed by atoms with Crippen LogP contribution in [0.4, 0.5) is 5.82 Å². The van der Waals surface area contributed by atoms with E-state index in [0.717, 1.165) is 46.9 Å². The van der Waals surface area contributed by atoms with Crippen molar-refractivity contribution in [3.63, 3.8) is 0 Å². The third-order valence-corrected chi connectivity index (χ3v) is 4.37. The minimum Gasteiger partial charge on any atom is -0.370 e. The molecule has 4 nitrogen and oxygen atoms in total. The molecular weight excluding hydrogens is 320 g/mol. The Hall–Kier alpha value is -2.07. The molecular formula is C19H23ClN4. The highest BCUT2D eigenvalue weighted by Gasteiger charge is 2.15. The van der Waals surface area contributed by atoms with Crippen LogP contribution in [0.1, 0.15) is 37.4 Å². The highest BCUT2D eigenvalue weighted by molar-refractivity contribution is 6.30. The fourth-order valence-electron chi connectivity index (χ4n) is 2.87. The third-order valence-electron chi connectivity index (χ3n) is 4.13. The van der Waals surface area contributed by atoms with Gasteiger partial charge in [-0.25, -0.2) is 4.98 Å². The second-order valence-electron chi connectivity index (χ2n) is 6.14. The topological polar surface area (TPSA) is 42.2 Å². The van der Waals surface area contributed by atoms with Gasteiger partial charge >= 0.3 is 0 Å². The molecule has 2 heterocycles. The Balaban J connectivity index is 2.03. The van der Waals surface area contributed by atoms with Crippen LogP contribution in [0.25, 0.3) is 16.9 Å². The Morgan fingerprint density at radius 1 is 1.17 bits per heavy atom. The molecule has 0 saturated carbocycles. The summed E-state index contributed by atoms with van der Waals surface area (Å²) in [7, 11) is 0. The van der Waals surface area contributed by atoms with E-state index in [4.69, 9.17) is 16.7 Å². The first kappa shape index (κ1) is 16.8. The highest BCUT2D eigenvalue weighted by atomic mass is 35.5. The number of hydrogen-bond acceptors (Lipinski definition) is 3. The number of hydrogen-bond donors (Lipinski definition) is 1. The molecule has 0 radical (unpaired) electrons. The third kappa shape index (κ3) is 3.39. The summed E-state index contributed by atoms with van der Waals surface area (Å²) in [4.78, 5) is 4.68. The molecule has 0 aliphatic carbocycles. The van der Waals surface area contributed by atoms with E-state index < -0.39 is 0 Å². The lowest BCUT2D eigenvalue weighted by Crippen LogP contribution is -2.08. The van der Waals surface area contributed by atoms with Crippen molar-refractivity contribution in [3.05, 3.63) is 46.6 Å². The van der Waals surface area contributed by atoms with Gasteiger partial charge in [-0.3, -0.25) is 0 Å². The maximum absolute atomic E-state index is 6.14. The first-order chi connectivity index (χ1) is 11.6. The largest absolute Gasteiger partial charge is 0.370 e. The molecule has 0 aliphatic rings. The monoisotopic (exact) mass is 342 g/mol. The molecule has 0 fully saturated rings. The van der Waals surface area contributed by atoms with Gasteiger partial charge in [0, 0.05) is 34.5 Å². The van der Waals surface area contributed by atoms with Gasteiger partial charge in [0.15, 0.2) is 5.65 Å². The standard InChI is InChI=1S/C19H23ClN4/c1-4-5-6-10-21-17-11-13(2)22-19-14(3)18(23-24(17)19)15-8-7-9-16(20)12-15/h7-9,11-12,21H,4-6,10H2,1-3H3. The molecule has 1 N–H and O–H groups in total. The number of halogens is 1. The van der Waals surface area contributed by atoms with Crippen LogP contribution >= 0.6 is 11.6 Å². The lowest BCUT2D eigenvalue weighted by molar-refractivity contribution is 0.739. The first-order valence-electron chi connectivity index (χ1n) is 8.47. The molecule has 0 atom stereocenters. The second kappa shape index (κ2) is 7.22. The van der Waals surface area contributed by atoms with Crippen molar-refractivity contribution in [2.24, 2.45) is 0 Å². The molecule has 0 spiro atoms. The summed E-state index contributed by atoms with van der Waals surface area (Å²) in [6, 6.07) is 9.84. The number of nitrogens with one attached hydrogen (secondary N) is 1. The average molecular weight is 343 g/mol. The maximum atomic E-state index is 6.14. The van der Waals surface area contributed by atoms with E-state index in [1.807, 2.05) is 41.8 Å². The van der Waals surface area contributed by atoms with Gasteiger partial charge in [0.2, 0.25) is 0 Å². The Morgan fingerprint density at radius 3 is 2.75 bits per heavy atom. The molecule has 0 saturated heterocycles. The van der Waals surface area contributed by atoms with E-state index >= 15 is 0 Å². The van der Waals surface area contributed by atoms with Crippen LogP contribution in [0.15, 0.2) is 30.3 Å². The van der Waals surface area contributed by atoms with Gasteiger partial charge in [-0.1, -0.05) is 43.5 Å². The van der Waals surface area contributed by atoms with Crippen LogP contribution in [-0.4, -0.2) is 21.1 Å². The zero-order valence-corrected chi connectivity index (χ0v) is 15.2. The van der Waals surface area contributed by atoms with Gasteiger partial charge in [0.1, 0.15) is 5.82 Å². The highest BCUT2D eigenvalue weighted by Crippen LogP contribution is 2.28. The van der Waals surface area contributed by atoms with Gasteiger partial charge in [-0.2, -0.15) is 9.61 Å². The molecule has 1 aromatic carbocycles. The number of fused-ring (bicyclic) bond motifs is 1. The predicted octanol–water partition coefficient (Wildman–Crippen LogP) is 5.27. The molecule has 0 unspecified atom stereocenters. The molecule has 0 bridgehead atoms. The summed E-state index contributed by atoms with van der Waals surface area (Å²) < 4.78 is 1.91. The molecule has 0 aliphatic heterocycles. The zero-order valence-electron chi connectivity index (χ0n) is 14.4. The Morgan fingerprint density at radius 2 is 2.00 bits per heavy atom. The summed E-state index contributed by atoms with van der Waals surface area (Å²) in [6.45, 7) is 7.23. The van der Waals surface area contributed by atoms with Crippen LogP contribution in [-0.2, 0) is 0 Å². The molecule has 3 rings (SSSR count). The van der Waals surface area contributed by atoms with Crippen molar-refractivity contribution < 1.29 is 0 Å². The number of aryl methyl sites for hydroxylation is 2. The number of nitrogens with zero attached hydrogens (tertiary/aromatic N) is 3. The first-order valence-corrected chi connectivity index (χ1v) is 8.84. The molecule has 24 heavy (non-hydrogen) atoms. The van der Waals surface area contributed by atoms with Gasteiger partial charge in [0.05, 0.1) is 5.69 Å². The van der Waals surface area contributed by atoms with Crippen LogP contribution in [0.3, 0.4) is 0 Å². The minimum atomic E-state index is 0.714. The number of rotatable bonds is 6. The van der Waals surface area contributed by atoms with Crippen molar-refractivity contribution in [2.45, 2.75) is 40.0 Å². The molecule has 5 heteroatoms. The fourth-order valence-corrected chi connectivity index (χ4v) is 3.06. The quantitative estimate of drug-likeness (QED) is 0.620. The Labute approximate surface area is 147 Å². The van der Waals surface area contributed by atoms with Gasteiger partial charge in [-0.15, -0.1) is 0 Å². The van der Waals surface area contributed by atoms with Crippen molar-refractivity contribution in [2.75, 3.05) is 11.9 Å². The summed E-state index contributed by atoms with van der Waals surface area (Å²) >= 11 is 6.14. The van der Waals surface area contributed by atoms with E-state index in [2.05, 4.69) is 24.1 Å². The molecule has 2 aromatic heterocycles. The summed E-state index contributed by atoms with van der Waals surface area (Å²) in [5.41, 5.74) is 4.88. The number of aromatic nitrogens is 3. The zero-order chi connectivity index (χ0) is 17.1. The SMILES string of the molecule is CCCCCNc1cc(C)nc2c(C)c(-c3cccc(Cl)c3)nn12. The normalized spacial score (nSPS) is 11.2. The number of benzene rings is 1. The average Bonchev–Trinajstić information content (AvgIpc) is 2.89. The van der Waals surface area contributed by atoms with Crippen LogP contribution < -0.4 is 5.32 Å². The number of anilines is 1. The molecule has 3 aromatic rings. The minimum absolute atomic E-state index is 0.714. The van der Waals surface area contributed by atoms with Crippen LogP contribution in [0, 0.1) is 13.8 Å². The van der Waals surface area contributed by atoms with E-state index in [1.54, 1.807) is 0 Å². The summed E-state index contributed by atoms with van der Waals surface area (Å²) in [5, 5.41) is 9.01. The lowest BCUT2D eigenvalue weighted by atomic mass is 10.1. The van der Waals surface area contributed by atoms with Crippen molar-refractivity contribution >= 4 is 23.1 Å². The van der Waals surface area contributed by atoms with Gasteiger partial charge in [0.25, 0.3) is 0 Å². The maximum Gasteiger partial charge on any atom is 0.161 e. The smallest absolute Gasteiger partial charge is 0.161 e. The lowest BCUT2D eigenvalue weighted by Gasteiger charge is -2.09. The van der Waals surface area contributed by atoms with Crippen LogP contribution in [0.5, 0.6) is 0 Å². The Bertz CT molecular complexity index is 854. The van der Waals surface area contributed by atoms with E-state index in [0.29, 0.717) is 5.02 Å². The van der Waals surface area contributed by atoms with Crippen molar-refractivity contribution in [1.82, 2.24) is 14.6 Å². The predicted molar refractivity (Wildman–Crippen MR) is 101 cm³/mol. The molecule has 126 valence electrons. The Kier molecular flexibility index (Phi) is 5.05. The van der Waals surface area contributed by atoms with Crippen molar-refractivity contribution in [3.8, 4) is 11.3 Å². The second-order valence-corrected chi connectivity index (χ2v) is 6.57. The van der Waals surface area contributed by atoms with Crippen molar-refractivity contribution in [1.29, 1.82) is 0 Å². The number of unbranched alkanes of at least 4 members (excludes halogenated alkanes) is 2.